The first kappa shape index (κ1) is 28.8. The van der Waals surface area contributed by atoms with Gasteiger partial charge in [-0.3, -0.25) is 5.09 Å². The van der Waals surface area contributed by atoms with Crippen molar-refractivity contribution in [1.29, 1.82) is 0 Å². The Hall–Kier alpha value is 0.190. The van der Waals surface area contributed by atoms with Crippen molar-refractivity contribution in [2.75, 3.05) is 26.2 Å². The van der Waals surface area contributed by atoms with Gasteiger partial charge in [-0.15, -0.1) is 0 Å². The Bertz CT molecular complexity index is 643. The van der Waals surface area contributed by atoms with Crippen LogP contribution in [0.1, 0.15) is 100 Å². The van der Waals surface area contributed by atoms with E-state index in [1.165, 1.54) is 44.9 Å². The maximum atomic E-state index is 9.71. The number of aliphatic hydroxyl groups is 1. The number of rotatable bonds is 3. The molecule has 7 atom stereocenters. The van der Waals surface area contributed by atoms with Crippen LogP contribution < -0.4 is 15.7 Å². The van der Waals surface area contributed by atoms with Gasteiger partial charge >= 0.3 is 0 Å². The van der Waals surface area contributed by atoms with Crippen molar-refractivity contribution in [3.8, 4) is 0 Å². The van der Waals surface area contributed by atoms with Crippen LogP contribution in [0.5, 0.6) is 0 Å². The molecule has 0 aromatic carbocycles. The molecule has 3 heterocycles. The molecule has 3 saturated heterocycles. The molecule has 7 heteroatoms. The molecule has 34 heavy (non-hydrogen) atoms. The molecular formula is C27H55N4O2P. The summed E-state index contributed by atoms with van der Waals surface area (Å²) in [5.74, 6) is 1.25. The second kappa shape index (κ2) is 11.7. The predicted octanol–water partition coefficient (Wildman–Crippen LogP) is 5.03. The van der Waals surface area contributed by atoms with Crippen LogP contribution in [0.2, 0.25) is 0 Å². The normalized spacial score (nSPS) is 41.6. The van der Waals surface area contributed by atoms with Crippen molar-refractivity contribution < 1.29 is 9.63 Å². The molecule has 0 amide bonds. The second-order valence-corrected chi connectivity index (χ2v) is 14.9. The number of piperidine rings is 2. The molecule has 4 N–H and O–H groups in total. The highest BCUT2D eigenvalue weighted by molar-refractivity contribution is 7.48. The van der Waals surface area contributed by atoms with Gasteiger partial charge in [-0.2, -0.15) is 0 Å². The van der Waals surface area contributed by atoms with Crippen molar-refractivity contribution in [2.24, 2.45) is 17.3 Å². The van der Waals surface area contributed by atoms with Crippen LogP contribution in [-0.2, 0) is 4.52 Å². The monoisotopic (exact) mass is 498 g/mol. The molecule has 4 aliphatic rings. The van der Waals surface area contributed by atoms with Crippen LogP contribution >= 0.6 is 8.45 Å². The summed E-state index contributed by atoms with van der Waals surface area (Å²) in [6, 6.07) is 1.21. The number of aliphatic hydroxyl groups excluding tert-OH is 1. The van der Waals surface area contributed by atoms with Gasteiger partial charge in [0.05, 0.1) is 12.7 Å². The molecule has 0 radical (unpaired) electrons. The van der Waals surface area contributed by atoms with Crippen LogP contribution in [-0.4, -0.2) is 65.3 Å². The largest absolute Gasteiger partial charge is 0.392 e. The van der Waals surface area contributed by atoms with E-state index in [0.717, 1.165) is 32.2 Å². The minimum Gasteiger partial charge on any atom is -0.392 e. The number of nitrogens with zero attached hydrogens (tertiary/aromatic N) is 1. The molecule has 0 bridgehead atoms. The maximum absolute atomic E-state index is 9.71. The van der Waals surface area contributed by atoms with Gasteiger partial charge in [0, 0.05) is 29.7 Å². The van der Waals surface area contributed by atoms with Crippen molar-refractivity contribution in [3.63, 3.8) is 0 Å². The average molecular weight is 499 g/mol. The van der Waals surface area contributed by atoms with Gasteiger partial charge < -0.3 is 20.3 Å². The van der Waals surface area contributed by atoms with Crippen LogP contribution in [0.15, 0.2) is 0 Å². The van der Waals surface area contributed by atoms with Gasteiger partial charge in [0.2, 0.25) is 0 Å². The topological polar surface area (TPSA) is 68.8 Å². The fourth-order valence-electron chi connectivity index (χ4n) is 6.68. The molecule has 0 spiro atoms. The lowest BCUT2D eigenvalue weighted by atomic mass is 9.70. The Balaban J connectivity index is 0.000000271. The van der Waals surface area contributed by atoms with E-state index in [9.17, 15) is 5.11 Å². The predicted molar refractivity (Wildman–Crippen MR) is 145 cm³/mol. The van der Waals surface area contributed by atoms with E-state index in [1.807, 2.05) is 0 Å². The summed E-state index contributed by atoms with van der Waals surface area (Å²) < 4.78 is 8.77. The van der Waals surface area contributed by atoms with Crippen LogP contribution in [0.4, 0.5) is 0 Å². The van der Waals surface area contributed by atoms with E-state index in [0.29, 0.717) is 18.0 Å². The van der Waals surface area contributed by atoms with E-state index >= 15 is 0 Å². The SMILES string of the molecule is CC1CC(C2(NP3OCCN3C(C)(C)C)CCNC(C)C2)CCN1.CC1CCCC(C)(C)C1O. The lowest BCUT2D eigenvalue weighted by Gasteiger charge is -2.51. The third-order valence-electron chi connectivity index (χ3n) is 8.79. The van der Waals surface area contributed by atoms with E-state index < -0.39 is 8.45 Å². The quantitative estimate of drug-likeness (QED) is 0.410. The van der Waals surface area contributed by atoms with Gasteiger partial charge in [0.25, 0.3) is 0 Å². The zero-order valence-corrected chi connectivity index (χ0v) is 24.3. The van der Waals surface area contributed by atoms with E-state index in [-0.39, 0.29) is 22.6 Å². The fraction of sp³-hybridized carbons (Fsp3) is 1.00. The van der Waals surface area contributed by atoms with Crippen molar-refractivity contribution in [1.82, 2.24) is 20.4 Å². The Morgan fingerprint density at radius 3 is 2.32 bits per heavy atom. The highest BCUT2D eigenvalue weighted by atomic mass is 31.2. The lowest BCUT2D eigenvalue weighted by molar-refractivity contribution is -0.0254. The van der Waals surface area contributed by atoms with Gasteiger partial charge in [-0.25, -0.2) is 4.67 Å². The second-order valence-electron chi connectivity index (χ2n) is 13.4. The molecule has 0 aromatic heterocycles. The molecule has 4 fully saturated rings. The highest BCUT2D eigenvalue weighted by Crippen LogP contribution is 2.51. The molecule has 1 aliphatic carbocycles. The summed E-state index contributed by atoms with van der Waals surface area (Å²) in [6.45, 7) is 22.2. The molecule has 4 rings (SSSR count). The Kier molecular flexibility index (Phi) is 9.91. The summed E-state index contributed by atoms with van der Waals surface area (Å²) >= 11 is 0. The first-order valence-corrected chi connectivity index (χ1v) is 15.2. The maximum Gasteiger partial charge on any atom is 0.186 e. The average Bonchev–Trinajstić information content (AvgIpc) is 3.21. The first-order valence-electron chi connectivity index (χ1n) is 14.0. The summed E-state index contributed by atoms with van der Waals surface area (Å²) in [7, 11) is -0.691. The Morgan fingerprint density at radius 1 is 1.03 bits per heavy atom. The van der Waals surface area contributed by atoms with Crippen LogP contribution in [0.25, 0.3) is 0 Å². The Morgan fingerprint density at radius 2 is 1.74 bits per heavy atom. The summed E-state index contributed by atoms with van der Waals surface area (Å²) in [4.78, 5) is 0. The molecular weight excluding hydrogens is 443 g/mol. The number of hydrogen-bond acceptors (Lipinski definition) is 6. The van der Waals surface area contributed by atoms with Gasteiger partial charge in [-0.1, -0.05) is 27.2 Å². The fourth-order valence-corrected chi connectivity index (χ4v) is 8.83. The highest BCUT2D eigenvalue weighted by Gasteiger charge is 2.47. The van der Waals surface area contributed by atoms with E-state index in [2.05, 4.69) is 75.8 Å². The van der Waals surface area contributed by atoms with E-state index in [4.69, 9.17) is 4.52 Å². The van der Waals surface area contributed by atoms with E-state index in [1.54, 1.807) is 0 Å². The molecule has 1 saturated carbocycles. The lowest BCUT2D eigenvalue weighted by Crippen LogP contribution is -2.61. The van der Waals surface area contributed by atoms with Crippen LogP contribution in [0, 0.1) is 17.3 Å². The van der Waals surface area contributed by atoms with Crippen molar-refractivity contribution in [2.45, 2.75) is 130 Å². The van der Waals surface area contributed by atoms with Crippen LogP contribution in [0.3, 0.4) is 0 Å². The molecule has 3 aliphatic heterocycles. The third kappa shape index (κ3) is 7.15. The molecule has 7 unspecified atom stereocenters. The molecule has 6 nitrogen and oxygen atoms in total. The van der Waals surface area contributed by atoms with Gasteiger partial charge in [0.1, 0.15) is 0 Å². The number of hydrogen-bond donors (Lipinski definition) is 4. The zero-order chi connectivity index (χ0) is 25.1. The standard InChI is InChI=1S/C18H37N4OP.C9H18O/c1-14-12-16(6-8-19-14)18(7-9-20-15(2)13-18)21-24-22(10-11-23-24)17(3,4)5;1-7-5-4-6-9(2,3)8(7)10/h14-16,19-21H,6-13H2,1-5H3;7-8,10H,4-6H2,1-3H3. The van der Waals surface area contributed by atoms with Crippen molar-refractivity contribution in [3.05, 3.63) is 0 Å². The van der Waals surface area contributed by atoms with Crippen molar-refractivity contribution >= 4 is 8.45 Å². The third-order valence-corrected chi connectivity index (χ3v) is 11.1. The van der Waals surface area contributed by atoms with Gasteiger partial charge in [-0.05, 0) is 103 Å². The minimum absolute atomic E-state index is 0.0822. The molecule has 0 aromatic rings. The Labute approximate surface area is 211 Å². The van der Waals surface area contributed by atoms with Gasteiger partial charge in [0.15, 0.2) is 8.45 Å². The summed E-state index contributed by atoms with van der Waals surface area (Å²) in [5.41, 5.74) is 0.550. The molecule has 200 valence electrons. The summed E-state index contributed by atoms with van der Waals surface area (Å²) in [6.07, 6.45) is 8.57. The zero-order valence-electron chi connectivity index (χ0n) is 23.4. The number of nitrogens with one attached hydrogen (secondary N) is 3. The smallest absolute Gasteiger partial charge is 0.186 e. The summed E-state index contributed by atoms with van der Waals surface area (Å²) in [5, 5.41) is 21.1. The minimum atomic E-state index is -0.691. The first-order chi connectivity index (χ1) is 15.8.